The van der Waals surface area contributed by atoms with E-state index in [4.69, 9.17) is 17.3 Å². The van der Waals surface area contributed by atoms with E-state index in [1.165, 1.54) is 25.3 Å². The summed E-state index contributed by atoms with van der Waals surface area (Å²) in [5, 5.41) is 0.0179. The third kappa shape index (κ3) is 3.90. The van der Waals surface area contributed by atoms with Crippen LogP contribution in [0, 0.1) is 0 Å². The molecule has 106 valence electrons. The number of hydrogen-bond donors (Lipinski definition) is 2. The minimum absolute atomic E-state index is 0.0179. The number of ether oxygens (including phenoxy) is 1. The number of carbonyl (C=O) groups is 1. The zero-order valence-corrected chi connectivity index (χ0v) is 12.1. The minimum atomic E-state index is -3.84. The molecule has 1 atom stereocenters. The van der Waals surface area contributed by atoms with Crippen LogP contribution >= 0.6 is 11.6 Å². The Morgan fingerprint density at radius 2 is 2.16 bits per heavy atom. The van der Waals surface area contributed by atoms with Gasteiger partial charge in [0.05, 0.1) is 17.7 Å². The van der Waals surface area contributed by atoms with Gasteiger partial charge in [-0.05, 0) is 25.1 Å². The summed E-state index contributed by atoms with van der Waals surface area (Å²) in [4.78, 5) is 11.2. The van der Waals surface area contributed by atoms with E-state index in [9.17, 15) is 13.2 Å². The summed E-state index contributed by atoms with van der Waals surface area (Å²) in [6.45, 7) is 1.77. The number of esters is 1. The maximum Gasteiger partial charge on any atom is 0.337 e. The van der Waals surface area contributed by atoms with Crippen molar-refractivity contribution in [3.8, 4) is 0 Å². The van der Waals surface area contributed by atoms with Crippen LogP contribution < -0.4 is 10.5 Å². The maximum absolute atomic E-state index is 12.1. The second-order valence-corrected chi connectivity index (χ2v) is 5.98. The van der Waals surface area contributed by atoms with Gasteiger partial charge in [0.15, 0.2) is 0 Å². The highest BCUT2D eigenvalue weighted by Gasteiger charge is 2.21. The Morgan fingerprint density at radius 3 is 2.68 bits per heavy atom. The predicted molar refractivity (Wildman–Crippen MR) is 71.6 cm³/mol. The first-order chi connectivity index (χ1) is 8.81. The van der Waals surface area contributed by atoms with Gasteiger partial charge >= 0.3 is 5.97 Å². The number of nitrogens with one attached hydrogen (secondary N) is 1. The zero-order chi connectivity index (χ0) is 14.6. The van der Waals surface area contributed by atoms with Crippen molar-refractivity contribution in [3.05, 3.63) is 28.8 Å². The van der Waals surface area contributed by atoms with Crippen molar-refractivity contribution < 1.29 is 17.9 Å². The molecular formula is C11H15ClN2O4S. The van der Waals surface area contributed by atoms with Crippen LogP contribution in [0.3, 0.4) is 0 Å². The molecule has 1 aromatic rings. The van der Waals surface area contributed by atoms with Crippen molar-refractivity contribution in [2.75, 3.05) is 13.7 Å². The van der Waals surface area contributed by atoms with Gasteiger partial charge in [-0.25, -0.2) is 17.9 Å². The molecule has 6 nitrogen and oxygen atoms in total. The van der Waals surface area contributed by atoms with E-state index in [1.807, 2.05) is 0 Å². The van der Waals surface area contributed by atoms with E-state index < -0.39 is 22.0 Å². The average Bonchev–Trinajstić information content (AvgIpc) is 2.37. The molecule has 0 spiro atoms. The Morgan fingerprint density at radius 1 is 1.53 bits per heavy atom. The Kier molecular flexibility index (Phi) is 5.30. The van der Waals surface area contributed by atoms with E-state index in [0.717, 1.165) is 0 Å². The van der Waals surface area contributed by atoms with Gasteiger partial charge in [0.25, 0.3) is 0 Å². The molecule has 0 aliphatic carbocycles. The number of rotatable bonds is 5. The molecule has 0 amide bonds. The fourth-order valence-electron chi connectivity index (χ4n) is 1.33. The summed E-state index contributed by atoms with van der Waals surface area (Å²) in [5.41, 5.74) is 5.47. The summed E-state index contributed by atoms with van der Waals surface area (Å²) < 4.78 is 31.1. The first-order valence-corrected chi connectivity index (χ1v) is 7.28. The molecule has 3 N–H and O–H groups in total. The quantitative estimate of drug-likeness (QED) is 0.782. The van der Waals surface area contributed by atoms with Crippen molar-refractivity contribution in [3.63, 3.8) is 0 Å². The lowest BCUT2D eigenvalue weighted by atomic mass is 10.2. The molecule has 0 bridgehead atoms. The highest BCUT2D eigenvalue weighted by molar-refractivity contribution is 7.89. The van der Waals surface area contributed by atoms with Gasteiger partial charge in [0.2, 0.25) is 10.0 Å². The lowest BCUT2D eigenvalue weighted by molar-refractivity contribution is 0.0600. The maximum atomic E-state index is 12.1. The standard InChI is InChI=1S/C11H15ClN2O4S/c1-7(6-13)14-19(16,17)10-5-8(11(15)18-2)3-4-9(10)12/h3-5,7,14H,6,13H2,1-2H3. The van der Waals surface area contributed by atoms with Crippen LogP contribution in [-0.2, 0) is 14.8 Å². The normalized spacial score (nSPS) is 13.1. The minimum Gasteiger partial charge on any atom is -0.465 e. The highest BCUT2D eigenvalue weighted by Crippen LogP contribution is 2.23. The lowest BCUT2D eigenvalue weighted by Gasteiger charge is -2.13. The molecule has 0 heterocycles. The van der Waals surface area contributed by atoms with Gasteiger partial charge < -0.3 is 10.5 Å². The SMILES string of the molecule is COC(=O)c1ccc(Cl)c(S(=O)(=O)NC(C)CN)c1. The van der Waals surface area contributed by atoms with Crippen LogP contribution in [0.1, 0.15) is 17.3 Å². The van der Waals surface area contributed by atoms with Crippen LogP contribution in [0.15, 0.2) is 23.1 Å². The second kappa shape index (κ2) is 6.33. The summed E-state index contributed by atoms with van der Waals surface area (Å²) in [5.74, 6) is -0.639. The Balaban J connectivity index is 3.22. The largest absolute Gasteiger partial charge is 0.465 e. The van der Waals surface area contributed by atoms with Crippen LogP contribution in [0.4, 0.5) is 0 Å². The Hall–Kier alpha value is -1.15. The topological polar surface area (TPSA) is 98.5 Å². The van der Waals surface area contributed by atoms with Gasteiger partial charge in [-0.15, -0.1) is 0 Å². The summed E-state index contributed by atoms with van der Waals surface area (Å²) in [7, 11) is -2.63. The number of nitrogens with two attached hydrogens (primary N) is 1. The molecule has 0 aromatic heterocycles. The fraction of sp³-hybridized carbons (Fsp3) is 0.364. The van der Waals surface area contributed by atoms with E-state index in [1.54, 1.807) is 6.92 Å². The van der Waals surface area contributed by atoms with Gasteiger partial charge in [0.1, 0.15) is 4.90 Å². The number of sulfonamides is 1. The predicted octanol–water partition coefficient (Wildman–Crippen LogP) is 0.752. The zero-order valence-electron chi connectivity index (χ0n) is 10.5. The van der Waals surface area contributed by atoms with Crippen molar-refractivity contribution in [1.29, 1.82) is 0 Å². The fourth-order valence-corrected chi connectivity index (χ4v) is 3.11. The third-order valence-electron chi connectivity index (χ3n) is 2.35. The first-order valence-electron chi connectivity index (χ1n) is 5.42. The monoisotopic (exact) mass is 306 g/mol. The molecule has 0 aliphatic rings. The van der Waals surface area contributed by atoms with Crippen molar-refractivity contribution in [2.24, 2.45) is 5.73 Å². The van der Waals surface area contributed by atoms with Crippen molar-refractivity contribution in [1.82, 2.24) is 4.72 Å². The molecule has 0 aliphatic heterocycles. The Bertz CT molecular complexity index is 574. The molecular weight excluding hydrogens is 292 g/mol. The van der Waals surface area contributed by atoms with Crippen LogP contribution in [0.2, 0.25) is 5.02 Å². The van der Waals surface area contributed by atoms with E-state index in [0.29, 0.717) is 0 Å². The lowest BCUT2D eigenvalue weighted by Crippen LogP contribution is -2.37. The van der Waals surface area contributed by atoms with Crippen LogP contribution in [0.25, 0.3) is 0 Å². The van der Waals surface area contributed by atoms with Gasteiger partial charge in [-0.3, -0.25) is 0 Å². The van der Waals surface area contributed by atoms with Gasteiger partial charge in [-0.2, -0.15) is 0 Å². The summed E-state index contributed by atoms with van der Waals surface area (Å²) in [6.07, 6.45) is 0. The molecule has 1 aromatic carbocycles. The first kappa shape index (κ1) is 15.9. The van der Waals surface area contributed by atoms with E-state index >= 15 is 0 Å². The third-order valence-corrected chi connectivity index (χ3v) is 4.42. The number of carbonyl (C=O) groups excluding carboxylic acids is 1. The Labute approximate surface area is 116 Å². The molecule has 0 radical (unpaired) electrons. The van der Waals surface area contributed by atoms with Gasteiger partial charge in [-0.1, -0.05) is 11.6 Å². The molecule has 0 saturated carbocycles. The molecule has 0 saturated heterocycles. The molecule has 8 heteroatoms. The van der Waals surface area contributed by atoms with Crippen LogP contribution in [-0.4, -0.2) is 34.1 Å². The second-order valence-electron chi connectivity index (χ2n) is 3.89. The highest BCUT2D eigenvalue weighted by atomic mass is 35.5. The average molecular weight is 307 g/mol. The van der Waals surface area contributed by atoms with E-state index in [2.05, 4.69) is 9.46 Å². The van der Waals surface area contributed by atoms with Crippen molar-refractivity contribution in [2.45, 2.75) is 17.9 Å². The number of benzene rings is 1. The molecule has 0 fully saturated rings. The molecule has 1 rings (SSSR count). The van der Waals surface area contributed by atoms with Crippen molar-refractivity contribution >= 4 is 27.6 Å². The molecule has 19 heavy (non-hydrogen) atoms. The smallest absolute Gasteiger partial charge is 0.337 e. The number of halogens is 1. The van der Waals surface area contributed by atoms with Crippen LogP contribution in [0.5, 0.6) is 0 Å². The summed E-state index contributed by atoms with van der Waals surface area (Å²) >= 11 is 5.85. The number of hydrogen-bond acceptors (Lipinski definition) is 5. The number of methoxy groups -OCH3 is 1. The summed E-state index contributed by atoms with van der Waals surface area (Å²) in [6, 6.07) is 3.44. The molecule has 1 unspecified atom stereocenters. The van der Waals surface area contributed by atoms with Gasteiger partial charge in [0, 0.05) is 12.6 Å². The van der Waals surface area contributed by atoms with E-state index in [-0.39, 0.29) is 22.0 Å².